The minimum Gasteiger partial charge on any atom is -0.449 e. The predicted molar refractivity (Wildman–Crippen MR) is 148 cm³/mol. The van der Waals surface area contributed by atoms with Crippen molar-refractivity contribution >= 4 is 52.0 Å². The number of amides is 3. The monoisotopic (exact) mass is 562 g/mol. The first kappa shape index (κ1) is 28.0. The lowest BCUT2D eigenvalue weighted by Gasteiger charge is -2.13. The number of nitrogens with one attached hydrogen (secondary N) is 1. The number of ether oxygens (including phenoxy) is 1. The number of para-hydroxylation sites is 1. The highest BCUT2D eigenvalue weighted by Gasteiger charge is 2.36. The first-order chi connectivity index (χ1) is 19.0. The number of hydrogen-bond acceptors (Lipinski definition) is 9. The van der Waals surface area contributed by atoms with E-state index in [4.69, 9.17) is 4.74 Å². The first-order valence-corrected chi connectivity index (χ1v) is 12.7. The maximum atomic E-state index is 13.0. The van der Waals surface area contributed by atoms with Crippen LogP contribution in [0.25, 0.3) is 6.08 Å². The summed E-state index contributed by atoms with van der Waals surface area (Å²) in [6.45, 7) is 3.61. The lowest BCUT2D eigenvalue weighted by molar-refractivity contribution is -0.394. The van der Waals surface area contributed by atoms with E-state index in [1.807, 2.05) is 26.0 Å². The van der Waals surface area contributed by atoms with E-state index in [1.54, 1.807) is 30.3 Å². The topological polar surface area (TPSA) is 162 Å². The van der Waals surface area contributed by atoms with Crippen molar-refractivity contribution < 1.29 is 29.0 Å². The number of anilines is 1. The molecule has 0 bridgehead atoms. The van der Waals surface area contributed by atoms with E-state index in [1.165, 1.54) is 12.1 Å². The Morgan fingerprint density at radius 3 is 2.35 bits per heavy atom. The highest BCUT2D eigenvalue weighted by atomic mass is 32.2. The predicted octanol–water partition coefficient (Wildman–Crippen LogP) is 6.09. The Kier molecular flexibility index (Phi) is 8.24. The summed E-state index contributed by atoms with van der Waals surface area (Å²) in [6, 6.07) is 16.5. The van der Waals surface area contributed by atoms with Gasteiger partial charge in [-0.25, -0.2) is 0 Å². The molecule has 4 rings (SSSR count). The van der Waals surface area contributed by atoms with E-state index >= 15 is 0 Å². The molecule has 1 fully saturated rings. The maximum absolute atomic E-state index is 13.0. The lowest BCUT2D eigenvalue weighted by atomic mass is 10.0. The molecule has 1 N–H and O–H groups in total. The van der Waals surface area contributed by atoms with Crippen molar-refractivity contribution in [3.63, 3.8) is 0 Å². The summed E-state index contributed by atoms with van der Waals surface area (Å²) in [4.78, 5) is 59.9. The van der Waals surface area contributed by atoms with Gasteiger partial charge in [-0.3, -0.25) is 39.5 Å². The molecule has 0 atom stereocenters. The number of nitro benzene ring substituents is 2. The fourth-order valence-corrected chi connectivity index (χ4v) is 4.56. The molecular formula is C27H22N4O8S. The van der Waals surface area contributed by atoms with Gasteiger partial charge in [-0.2, -0.15) is 0 Å². The summed E-state index contributed by atoms with van der Waals surface area (Å²) < 4.78 is 5.70. The highest BCUT2D eigenvalue weighted by molar-refractivity contribution is 8.18. The van der Waals surface area contributed by atoms with Crippen LogP contribution in [0.3, 0.4) is 0 Å². The molecule has 0 aliphatic carbocycles. The molecule has 3 aromatic rings. The number of rotatable bonds is 9. The smallest absolute Gasteiger partial charge is 0.318 e. The number of imide groups is 1. The molecule has 1 aliphatic rings. The maximum Gasteiger partial charge on any atom is 0.318 e. The number of benzene rings is 3. The quantitative estimate of drug-likeness (QED) is 0.185. The van der Waals surface area contributed by atoms with Crippen LogP contribution in [0.1, 0.15) is 30.9 Å². The standard InChI is InChI=1S/C27H22N4O8S/c1-16(2)17-7-9-19(10-8-17)28-25(32)15-29-26(33)24(40-27(29)34)13-18-5-3-4-6-22(18)39-23-12-11-20(30(35)36)14-21(23)31(37)38/h3-14,16H,15H2,1-2H3,(H,28,32)/b24-13+. The van der Waals surface area contributed by atoms with E-state index in [2.05, 4.69) is 5.32 Å². The number of thioether (sulfide) groups is 1. The van der Waals surface area contributed by atoms with Gasteiger partial charge in [0.25, 0.3) is 16.8 Å². The molecule has 1 heterocycles. The molecule has 3 aromatic carbocycles. The molecule has 40 heavy (non-hydrogen) atoms. The van der Waals surface area contributed by atoms with Gasteiger partial charge >= 0.3 is 5.69 Å². The van der Waals surface area contributed by atoms with E-state index in [0.717, 1.165) is 28.7 Å². The fraction of sp³-hybridized carbons (Fsp3) is 0.148. The van der Waals surface area contributed by atoms with Crippen LogP contribution in [-0.4, -0.2) is 38.3 Å². The normalized spacial score (nSPS) is 14.1. The van der Waals surface area contributed by atoms with E-state index in [9.17, 15) is 34.6 Å². The number of non-ortho nitro benzene ring substituents is 1. The Labute approximate surface area is 231 Å². The molecule has 204 valence electrons. The summed E-state index contributed by atoms with van der Waals surface area (Å²) in [5.74, 6) is -1.05. The van der Waals surface area contributed by atoms with Gasteiger partial charge in [-0.15, -0.1) is 0 Å². The molecular weight excluding hydrogens is 540 g/mol. The number of nitrogens with zero attached hydrogens (tertiary/aromatic N) is 3. The zero-order chi connectivity index (χ0) is 29.0. The van der Waals surface area contributed by atoms with Gasteiger partial charge in [0.2, 0.25) is 11.7 Å². The van der Waals surface area contributed by atoms with E-state index in [-0.39, 0.29) is 16.4 Å². The molecule has 0 saturated carbocycles. The van der Waals surface area contributed by atoms with Crippen LogP contribution in [0.5, 0.6) is 11.5 Å². The number of nitro groups is 2. The Balaban J connectivity index is 1.51. The molecule has 13 heteroatoms. The number of carbonyl (C=O) groups is 3. The Morgan fingerprint density at radius 2 is 1.70 bits per heavy atom. The second-order valence-corrected chi connectivity index (χ2v) is 9.89. The van der Waals surface area contributed by atoms with Gasteiger partial charge in [-0.05, 0) is 53.6 Å². The van der Waals surface area contributed by atoms with Crippen molar-refractivity contribution in [1.29, 1.82) is 0 Å². The molecule has 0 spiro atoms. The lowest BCUT2D eigenvalue weighted by Crippen LogP contribution is -2.36. The number of hydrogen-bond donors (Lipinski definition) is 1. The number of carbonyl (C=O) groups excluding carboxylic acids is 3. The van der Waals surface area contributed by atoms with Crippen molar-refractivity contribution in [2.24, 2.45) is 0 Å². The zero-order valence-corrected chi connectivity index (χ0v) is 22.0. The van der Waals surface area contributed by atoms with Gasteiger partial charge < -0.3 is 10.1 Å². The largest absolute Gasteiger partial charge is 0.449 e. The van der Waals surface area contributed by atoms with Crippen molar-refractivity contribution in [2.45, 2.75) is 19.8 Å². The third kappa shape index (κ3) is 6.32. The first-order valence-electron chi connectivity index (χ1n) is 11.9. The summed E-state index contributed by atoms with van der Waals surface area (Å²) >= 11 is 0.638. The summed E-state index contributed by atoms with van der Waals surface area (Å²) in [6.07, 6.45) is 1.38. The average Bonchev–Trinajstić information content (AvgIpc) is 3.17. The SMILES string of the molecule is CC(C)c1ccc(NC(=O)CN2C(=O)S/C(=C/c3ccccc3Oc3ccc([N+](=O)[O-])cc3[N+](=O)[O-])C2=O)cc1. The zero-order valence-electron chi connectivity index (χ0n) is 21.2. The second kappa shape index (κ2) is 11.8. The third-order valence-corrected chi connectivity index (χ3v) is 6.72. The third-order valence-electron chi connectivity index (χ3n) is 5.81. The summed E-state index contributed by atoms with van der Waals surface area (Å²) in [5.41, 5.74) is 0.854. The van der Waals surface area contributed by atoms with Crippen LogP contribution >= 0.6 is 11.8 Å². The molecule has 0 aromatic heterocycles. The van der Waals surface area contributed by atoms with Gasteiger partial charge in [0.15, 0.2) is 0 Å². The minimum absolute atomic E-state index is 0.0216. The summed E-state index contributed by atoms with van der Waals surface area (Å²) in [5, 5.41) is 24.5. The van der Waals surface area contributed by atoms with Gasteiger partial charge in [-0.1, -0.05) is 44.2 Å². The fourth-order valence-electron chi connectivity index (χ4n) is 3.73. The van der Waals surface area contributed by atoms with Crippen LogP contribution in [0, 0.1) is 20.2 Å². The molecule has 3 amide bonds. The second-order valence-electron chi connectivity index (χ2n) is 8.90. The van der Waals surface area contributed by atoms with E-state index < -0.39 is 44.8 Å². The summed E-state index contributed by atoms with van der Waals surface area (Å²) in [7, 11) is 0. The van der Waals surface area contributed by atoms with Crippen molar-refractivity contribution in [2.75, 3.05) is 11.9 Å². The highest BCUT2D eigenvalue weighted by Crippen LogP contribution is 2.38. The minimum atomic E-state index is -0.806. The Bertz CT molecular complexity index is 1550. The van der Waals surface area contributed by atoms with Crippen molar-refractivity contribution in [3.05, 3.63) is 103 Å². The van der Waals surface area contributed by atoms with E-state index in [0.29, 0.717) is 28.9 Å². The Hall–Kier alpha value is -5.04. The Morgan fingerprint density at radius 1 is 1.00 bits per heavy atom. The van der Waals surface area contributed by atoms with Gasteiger partial charge in [0, 0.05) is 17.3 Å². The molecule has 0 unspecified atom stereocenters. The molecule has 0 radical (unpaired) electrons. The van der Waals surface area contributed by atoms with Crippen LogP contribution in [0.4, 0.5) is 21.9 Å². The van der Waals surface area contributed by atoms with Crippen LogP contribution in [0.2, 0.25) is 0 Å². The van der Waals surface area contributed by atoms with Crippen LogP contribution in [0.15, 0.2) is 71.6 Å². The molecule has 1 aliphatic heterocycles. The van der Waals surface area contributed by atoms with Crippen LogP contribution in [-0.2, 0) is 9.59 Å². The van der Waals surface area contributed by atoms with Crippen LogP contribution < -0.4 is 10.1 Å². The average molecular weight is 563 g/mol. The van der Waals surface area contributed by atoms with Gasteiger partial charge in [0.1, 0.15) is 12.3 Å². The van der Waals surface area contributed by atoms with Crippen molar-refractivity contribution in [3.8, 4) is 11.5 Å². The molecule has 1 saturated heterocycles. The molecule has 12 nitrogen and oxygen atoms in total. The van der Waals surface area contributed by atoms with Crippen molar-refractivity contribution in [1.82, 2.24) is 4.90 Å². The van der Waals surface area contributed by atoms with Gasteiger partial charge in [0.05, 0.1) is 20.8 Å².